The summed E-state index contributed by atoms with van der Waals surface area (Å²) in [6.45, 7) is 7.93. The van der Waals surface area contributed by atoms with Crippen molar-refractivity contribution in [2.24, 2.45) is 0 Å². The van der Waals surface area contributed by atoms with Gasteiger partial charge in [-0.3, -0.25) is 9.59 Å². The molecule has 0 aliphatic carbocycles. The van der Waals surface area contributed by atoms with E-state index in [9.17, 15) is 9.59 Å². The van der Waals surface area contributed by atoms with Gasteiger partial charge >= 0.3 is 5.97 Å². The van der Waals surface area contributed by atoms with Gasteiger partial charge in [0, 0.05) is 6.04 Å². The lowest BCUT2D eigenvalue weighted by molar-refractivity contribution is -0.137. The second-order valence-corrected chi connectivity index (χ2v) is 5.27. The second-order valence-electron chi connectivity index (χ2n) is 5.27. The Balaban J connectivity index is 3.12. The molecule has 0 heterocycles. The van der Waals surface area contributed by atoms with Crippen LogP contribution in [0.1, 0.15) is 43.1 Å². The zero-order chi connectivity index (χ0) is 16.0. The first kappa shape index (κ1) is 17.2. The highest BCUT2D eigenvalue weighted by Crippen LogP contribution is 2.22. The van der Waals surface area contributed by atoms with Gasteiger partial charge in [-0.15, -0.1) is 0 Å². The van der Waals surface area contributed by atoms with Crippen LogP contribution >= 0.6 is 0 Å². The fourth-order valence-electron chi connectivity index (χ4n) is 2.11. The van der Waals surface area contributed by atoms with Crippen LogP contribution in [0.5, 0.6) is 5.75 Å². The highest BCUT2D eigenvalue weighted by Gasteiger charge is 2.26. The van der Waals surface area contributed by atoms with Crippen molar-refractivity contribution < 1.29 is 19.4 Å². The number of aliphatic carboxylic acids is 1. The van der Waals surface area contributed by atoms with E-state index in [4.69, 9.17) is 9.84 Å². The molecule has 0 bridgehead atoms. The van der Waals surface area contributed by atoms with E-state index in [0.717, 1.165) is 5.56 Å². The van der Waals surface area contributed by atoms with E-state index in [2.05, 4.69) is 5.32 Å². The van der Waals surface area contributed by atoms with Gasteiger partial charge in [-0.1, -0.05) is 25.5 Å². The SMILES string of the molecule is CCOc1ccc(C)cc1C(=O)C(CC(=O)O)NC(C)C. The van der Waals surface area contributed by atoms with Crippen LogP contribution in [-0.4, -0.2) is 35.5 Å². The Morgan fingerprint density at radius 1 is 1.33 bits per heavy atom. The van der Waals surface area contributed by atoms with Crippen LogP contribution in [-0.2, 0) is 4.79 Å². The van der Waals surface area contributed by atoms with Gasteiger partial charge in [0.1, 0.15) is 5.75 Å². The van der Waals surface area contributed by atoms with Gasteiger partial charge in [0.15, 0.2) is 5.78 Å². The van der Waals surface area contributed by atoms with Gasteiger partial charge in [-0.05, 0) is 26.0 Å². The molecule has 0 fully saturated rings. The van der Waals surface area contributed by atoms with Crippen LogP contribution in [0.4, 0.5) is 0 Å². The van der Waals surface area contributed by atoms with Crippen LogP contribution in [0.3, 0.4) is 0 Å². The molecule has 0 aliphatic rings. The number of nitrogens with one attached hydrogen (secondary N) is 1. The molecule has 0 amide bonds. The molecule has 0 aromatic heterocycles. The minimum atomic E-state index is -1.01. The molecule has 1 atom stereocenters. The molecule has 21 heavy (non-hydrogen) atoms. The maximum absolute atomic E-state index is 12.7. The maximum Gasteiger partial charge on any atom is 0.305 e. The third kappa shape index (κ3) is 5.19. The summed E-state index contributed by atoms with van der Waals surface area (Å²) in [7, 11) is 0. The van der Waals surface area contributed by atoms with E-state index in [1.54, 1.807) is 12.1 Å². The van der Waals surface area contributed by atoms with E-state index in [1.165, 1.54) is 0 Å². The summed E-state index contributed by atoms with van der Waals surface area (Å²) in [5.74, 6) is -0.764. The number of carboxylic acids is 1. The third-order valence-electron chi connectivity index (χ3n) is 2.93. The van der Waals surface area contributed by atoms with E-state index >= 15 is 0 Å². The quantitative estimate of drug-likeness (QED) is 0.720. The molecule has 5 nitrogen and oxygen atoms in total. The number of aryl methyl sites for hydroxylation is 1. The predicted octanol–water partition coefficient (Wildman–Crippen LogP) is 2.42. The Morgan fingerprint density at radius 2 is 2.00 bits per heavy atom. The highest BCUT2D eigenvalue weighted by molar-refractivity contribution is 6.04. The molecule has 1 aromatic carbocycles. The molecule has 0 spiro atoms. The number of carbonyl (C=O) groups excluding carboxylic acids is 1. The highest BCUT2D eigenvalue weighted by atomic mass is 16.5. The summed E-state index contributed by atoms with van der Waals surface area (Å²) < 4.78 is 5.48. The standard InChI is InChI=1S/C16H23NO4/c1-5-21-14-7-6-11(4)8-12(14)16(20)13(9-15(18)19)17-10(2)3/h6-8,10,13,17H,5,9H2,1-4H3,(H,18,19). The number of hydrogen-bond acceptors (Lipinski definition) is 4. The second kappa shape index (κ2) is 7.78. The maximum atomic E-state index is 12.7. The zero-order valence-electron chi connectivity index (χ0n) is 13.0. The van der Waals surface area contributed by atoms with Crippen molar-refractivity contribution in [3.05, 3.63) is 29.3 Å². The number of ether oxygens (including phenoxy) is 1. The summed E-state index contributed by atoms with van der Waals surface area (Å²) in [4.78, 5) is 23.6. The van der Waals surface area contributed by atoms with Crippen molar-refractivity contribution >= 4 is 11.8 Å². The summed E-state index contributed by atoms with van der Waals surface area (Å²) in [5.41, 5.74) is 1.36. The summed E-state index contributed by atoms with van der Waals surface area (Å²) in [6.07, 6.45) is -0.253. The molecule has 1 unspecified atom stereocenters. The van der Waals surface area contributed by atoms with Crippen molar-refractivity contribution in [1.82, 2.24) is 5.32 Å². The van der Waals surface area contributed by atoms with Gasteiger partial charge in [0.2, 0.25) is 0 Å². The minimum Gasteiger partial charge on any atom is -0.493 e. The molecule has 5 heteroatoms. The number of hydrogen-bond donors (Lipinski definition) is 2. The first-order valence-corrected chi connectivity index (χ1v) is 7.10. The minimum absolute atomic E-state index is 0.0126. The van der Waals surface area contributed by atoms with Gasteiger partial charge in [-0.25, -0.2) is 0 Å². The molecule has 1 rings (SSSR count). The van der Waals surface area contributed by atoms with Crippen molar-refractivity contribution in [3.8, 4) is 5.75 Å². The van der Waals surface area contributed by atoms with Crippen LogP contribution in [0, 0.1) is 6.92 Å². The first-order valence-electron chi connectivity index (χ1n) is 7.10. The molecule has 116 valence electrons. The smallest absolute Gasteiger partial charge is 0.305 e. The third-order valence-corrected chi connectivity index (χ3v) is 2.93. The van der Waals surface area contributed by atoms with Crippen molar-refractivity contribution in [2.45, 2.75) is 46.2 Å². The van der Waals surface area contributed by atoms with Crippen LogP contribution in [0.2, 0.25) is 0 Å². The largest absolute Gasteiger partial charge is 0.493 e. The molecular weight excluding hydrogens is 270 g/mol. The Kier molecular flexibility index (Phi) is 6.37. The van der Waals surface area contributed by atoms with Crippen molar-refractivity contribution in [3.63, 3.8) is 0 Å². The van der Waals surface area contributed by atoms with Gasteiger partial charge in [0.05, 0.1) is 24.6 Å². The summed E-state index contributed by atoms with van der Waals surface area (Å²) >= 11 is 0. The Bertz CT molecular complexity index is 511. The van der Waals surface area contributed by atoms with Crippen LogP contribution < -0.4 is 10.1 Å². The van der Waals surface area contributed by atoms with E-state index in [0.29, 0.717) is 17.9 Å². The number of carbonyl (C=O) groups is 2. The van der Waals surface area contributed by atoms with Crippen molar-refractivity contribution in [1.29, 1.82) is 0 Å². The Hall–Kier alpha value is -1.88. The fourth-order valence-corrected chi connectivity index (χ4v) is 2.11. The van der Waals surface area contributed by atoms with E-state index in [1.807, 2.05) is 33.8 Å². The topological polar surface area (TPSA) is 75.6 Å². The lowest BCUT2D eigenvalue weighted by atomic mass is 9.98. The van der Waals surface area contributed by atoms with Crippen LogP contribution in [0.25, 0.3) is 0 Å². The lowest BCUT2D eigenvalue weighted by Crippen LogP contribution is -2.42. The average Bonchev–Trinajstić information content (AvgIpc) is 2.38. The summed E-state index contributed by atoms with van der Waals surface area (Å²) in [6, 6.07) is 4.61. The summed E-state index contributed by atoms with van der Waals surface area (Å²) in [5, 5.41) is 12.0. The number of rotatable bonds is 8. The normalized spacial score (nSPS) is 12.2. The fraction of sp³-hybridized carbons (Fsp3) is 0.500. The number of ketones is 1. The molecular formula is C16H23NO4. The van der Waals surface area contributed by atoms with Gasteiger partial charge in [0.25, 0.3) is 0 Å². The molecule has 0 saturated heterocycles. The average molecular weight is 293 g/mol. The molecule has 2 N–H and O–H groups in total. The monoisotopic (exact) mass is 293 g/mol. The van der Waals surface area contributed by atoms with Gasteiger partial charge < -0.3 is 15.2 Å². The van der Waals surface area contributed by atoms with Crippen LogP contribution in [0.15, 0.2) is 18.2 Å². The molecule has 0 aliphatic heterocycles. The number of benzene rings is 1. The first-order chi connectivity index (χ1) is 9.85. The van der Waals surface area contributed by atoms with E-state index in [-0.39, 0.29) is 18.2 Å². The lowest BCUT2D eigenvalue weighted by Gasteiger charge is -2.20. The Labute approximate surface area is 125 Å². The van der Waals surface area contributed by atoms with E-state index < -0.39 is 12.0 Å². The molecule has 0 saturated carbocycles. The number of carboxylic acid groups (broad SMARTS) is 1. The Morgan fingerprint density at radius 3 is 2.52 bits per heavy atom. The molecule has 1 aromatic rings. The predicted molar refractivity (Wildman–Crippen MR) is 81.0 cm³/mol. The number of Topliss-reactive ketones (excluding diaryl/α,β-unsaturated/α-hetero) is 1. The van der Waals surface area contributed by atoms with Crippen molar-refractivity contribution in [2.75, 3.05) is 6.61 Å². The van der Waals surface area contributed by atoms with Gasteiger partial charge in [-0.2, -0.15) is 0 Å². The molecule has 0 radical (unpaired) electrons. The zero-order valence-corrected chi connectivity index (χ0v) is 13.0.